The van der Waals surface area contributed by atoms with Gasteiger partial charge in [-0.15, -0.1) is 10.2 Å². The number of nitrogens with zero attached hydrogens (tertiary/aromatic N) is 5. The highest BCUT2D eigenvalue weighted by molar-refractivity contribution is 6.30. The van der Waals surface area contributed by atoms with Crippen molar-refractivity contribution < 1.29 is 4.42 Å². The van der Waals surface area contributed by atoms with Crippen LogP contribution in [0.15, 0.2) is 53.1 Å². The molecule has 2 aromatic carbocycles. The van der Waals surface area contributed by atoms with E-state index in [2.05, 4.69) is 30.9 Å². The van der Waals surface area contributed by atoms with E-state index in [1.54, 1.807) is 18.2 Å². The summed E-state index contributed by atoms with van der Waals surface area (Å²) in [5.41, 5.74) is 3.17. The zero-order chi connectivity index (χ0) is 17.9. The molecule has 0 aliphatic rings. The zero-order valence-corrected chi connectivity index (χ0v) is 13.9. The van der Waals surface area contributed by atoms with Gasteiger partial charge in [0.15, 0.2) is 5.58 Å². The second-order valence-corrected chi connectivity index (χ2v) is 5.69. The van der Waals surface area contributed by atoms with Gasteiger partial charge in [-0.25, -0.2) is 4.98 Å². The number of aromatic nitrogens is 5. The van der Waals surface area contributed by atoms with Gasteiger partial charge < -0.3 is 9.73 Å². The Morgan fingerprint density at radius 3 is 2.81 bits per heavy atom. The van der Waals surface area contributed by atoms with Crippen molar-refractivity contribution in [2.75, 3.05) is 5.32 Å². The molecule has 9 heteroatoms. The van der Waals surface area contributed by atoms with Gasteiger partial charge in [0.25, 0.3) is 0 Å². The topological polar surface area (TPSA) is 116 Å². The summed E-state index contributed by atoms with van der Waals surface area (Å²) in [7, 11) is 0. The van der Waals surface area contributed by atoms with Crippen LogP contribution < -0.4 is 5.32 Å². The predicted molar refractivity (Wildman–Crippen MR) is 95.8 cm³/mol. The van der Waals surface area contributed by atoms with Gasteiger partial charge in [0.1, 0.15) is 17.2 Å². The van der Waals surface area contributed by atoms with Gasteiger partial charge in [0.2, 0.25) is 11.7 Å². The highest BCUT2D eigenvalue weighted by atomic mass is 35.5. The van der Waals surface area contributed by atoms with Crippen LogP contribution in [0.25, 0.3) is 28.1 Å². The van der Waals surface area contributed by atoms with Gasteiger partial charge >= 0.3 is 0 Å². The molecule has 0 aliphatic carbocycles. The number of hydrogen-bond donors (Lipinski definition) is 2. The third-order valence-corrected chi connectivity index (χ3v) is 3.82. The summed E-state index contributed by atoms with van der Waals surface area (Å²) in [5, 5.41) is 26.2. The fraction of sp³-hybridized carbons (Fsp3) is 0. The molecule has 8 nitrogen and oxygen atoms in total. The van der Waals surface area contributed by atoms with E-state index >= 15 is 0 Å². The highest BCUT2D eigenvalue weighted by Gasteiger charge is 2.09. The van der Waals surface area contributed by atoms with Crippen molar-refractivity contribution in [1.82, 2.24) is 25.6 Å². The van der Waals surface area contributed by atoms with E-state index in [-0.39, 0.29) is 11.4 Å². The van der Waals surface area contributed by atoms with Crippen LogP contribution in [0.3, 0.4) is 0 Å². The highest BCUT2D eigenvalue weighted by Crippen LogP contribution is 2.27. The van der Waals surface area contributed by atoms with E-state index in [0.717, 1.165) is 11.3 Å². The lowest BCUT2D eigenvalue weighted by molar-refractivity contribution is 0.620. The molecule has 0 aliphatic heterocycles. The number of nitriles is 1. The van der Waals surface area contributed by atoms with Crippen LogP contribution in [0.2, 0.25) is 5.02 Å². The van der Waals surface area contributed by atoms with Gasteiger partial charge in [-0.3, -0.25) is 0 Å². The van der Waals surface area contributed by atoms with Gasteiger partial charge in [-0.2, -0.15) is 10.5 Å². The van der Waals surface area contributed by atoms with Gasteiger partial charge in [0.05, 0.1) is 0 Å². The third-order valence-electron chi connectivity index (χ3n) is 3.57. The fourth-order valence-electron chi connectivity index (χ4n) is 2.31. The van der Waals surface area contributed by atoms with E-state index in [4.69, 9.17) is 16.0 Å². The first-order valence-corrected chi connectivity index (χ1v) is 7.88. The number of halogens is 1. The lowest BCUT2D eigenvalue weighted by Gasteiger charge is -2.00. The minimum absolute atomic E-state index is 0.215. The largest absolute Gasteiger partial charge is 0.436 e. The van der Waals surface area contributed by atoms with Crippen LogP contribution in [0.1, 0.15) is 5.82 Å². The van der Waals surface area contributed by atoms with Crippen LogP contribution in [0.4, 0.5) is 5.69 Å². The molecule has 0 saturated heterocycles. The number of nitrogens with one attached hydrogen (secondary N) is 2. The predicted octanol–water partition coefficient (Wildman–Crippen LogP) is 3.64. The van der Waals surface area contributed by atoms with E-state index in [9.17, 15) is 5.26 Å². The maximum absolute atomic E-state index is 9.18. The Morgan fingerprint density at radius 2 is 2.08 bits per heavy atom. The van der Waals surface area contributed by atoms with Gasteiger partial charge in [-0.05, 0) is 47.7 Å². The number of aromatic amines is 1. The summed E-state index contributed by atoms with van der Waals surface area (Å²) in [5.74, 6) is 0.724. The Hall–Kier alpha value is -3.70. The number of hydrogen-bond acceptors (Lipinski definition) is 7. The van der Waals surface area contributed by atoms with Crippen LogP contribution in [-0.4, -0.2) is 25.6 Å². The van der Waals surface area contributed by atoms with Gasteiger partial charge in [0, 0.05) is 22.5 Å². The summed E-state index contributed by atoms with van der Waals surface area (Å²) < 4.78 is 5.77. The van der Waals surface area contributed by atoms with Crippen molar-refractivity contribution in [1.29, 1.82) is 5.26 Å². The number of oxazole rings is 1. The lowest BCUT2D eigenvalue weighted by Crippen LogP contribution is -1.92. The monoisotopic (exact) mass is 363 g/mol. The minimum atomic E-state index is 0.215. The van der Waals surface area contributed by atoms with Crippen molar-refractivity contribution in [3.05, 3.63) is 59.5 Å². The smallest absolute Gasteiger partial charge is 0.227 e. The number of allylic oxidation sites excluding steroid dienone is 1. The molecule has 0 spiro atoms. The fourth-order valence-corrected chi connectivity index (χ4v) is 2.44. The first-order valence-electron chi connectivity index (χ1n) is 7.50. The summed E-state index contributed by atoms with van der Waals surface area (Å²) in [6.45, 7) is 0. The van der Waals surface area contributed by atoms with Crippen molar-refractivity contribution in [2.45, 2.75) is 0 Å². The Balaban J connectivity index is 1.62. The van der Waals surface area contributed by atoms with Crippen molar-refractivity contribution in [3.63, 3.8) is 0 Å². The van der Waals surface area contributed by atoms with E-state index < -0.39 is 0 Å². The molecule has 126 valence electrons. The standard InChI is InChI=1S/C17H10ClN7O/c18-12-3-1-10(2-4-12)17-21-14-7-13(5-6-15(14)26-17)20-9-11(8-19)16-22-24-25-23-16/h1-7,9,20H,(H,22,23,24,25). The SMILES string of the molecule is N#CC(=CNc1ccc2oc(-c3ccc(Cl)cc3)nc2c1)c1nn[nH]n1. The molecule has 2 aromatic heterocycles. The molecule has 0 amide bonds. The maximum Gasteiger partial charge on any atom is 0.227 e. The molecular weight excluding hydrogens is 354 g/mol. The Bertz CT molecular complexity index is 1120. The quantitative estimate of drug-likeness (QED) is 0.531. The average Bonchev–Trinajstić information content (AvgIpc) is 3.32. The normalized spacial score (nSPS) is 11.5. The molecule has 2 N–H and O–H groups in total. The molecule has 2 heterocycles. The van der Waals surface area contributed by atoms with E-state index in [1.165, 1.54) is 6.20 Å². The molecule has 26 heavy (non-hydrogen) atoms. The average molecular weight is 364 g/mol. The van der Waals surface area contributed by atoms with E-state index in [0.29, 0.717) is 22.0 Å². The Labute approximate surface area is 152 Å². The second kappa shape index (κ2) is 6.66. The molecule has 4 aromatic rings. The van der Waals surface area contributed by atoms with Crippen LogP contribution in [0.5, 0.6) is 0 Å². The van der Waals surface area contributed by atoms with Crippen LogP contribution in [-0.2, 0) is 0 Å². The number of benzene rings is 2. The summed E-state index contributed by atoms with van der Waals surface area (Å²) in [6, 6.07) is 14.7. The number of tetrazole rings is 1. The Kier molecular flexibility index (Phi) is 4.05. The number of rotatable bonds is 4. The third kappa shape index (κ3) is 3.11. The van der Waals surface area contributed by atoms with Crippen LogP contribution >= 0.6 is 11.6 Å². The van der Waals surface area contributed by atoms with E-state index in [1.807, 2.05) is 30.3 Å². The van der Waals surface area contributed by atoms with Crippen molar-refractivity contribution in [3.8, 4) is 17.5 Å². The lowest BCUT2D eigenvalue weighted by atomic mass is 10.2. The van der Waals surface area contributed by atoms with Crippen LogP contribution in [0, 0.1) is 11.3 Å². The number of fused-ring (bicyclic) bond motifs is 1. The van der Waals surface area contributed by atoms with Crippen molar-refractivity contribution in [2.24, 2.45) is 0 Å². The summed E-state index contributed by atoms with van der Waals surface area (Å²) >= 11 is 5.91. The van der Waals surface area contributed by atoms with Gasteiger partial charge in [-0.1, -0.05) is 11.6 Å². The first kappa shape index (κ1) is 15.8. The van der Waals surface area contributed by atoms with Crippen molar-refractivity contribution >= 4 is 34.0 Å². The molecule has 4 rings (SSSR count). The minimum Gasteiger partial charge on any atom is -0.436 e. The zero-order valence-electron chi connectivity index (χ0n) is 13.1. The molecule has 0 bridgehead atoms. The Morgan fingerprint density at radius 1 is 1.23 bits per heavy atom. The summed E-state index contributed by atoms with van der Waals surface area (Å²) in [4.78, 5) is 4.50. The molecule has 0 saturated carbocycles. The molecule has 0 atom stereocenters. The second-order valence-electron chi connectivity index (χ2n) is 5.26. The molecule has 0 unspecified atom stereocenters. The first-order chi connectivity index (χ1) is 12.7. The maximum atomic E-state index is 9.18. The summed E-state index contributed by atoms with van der Waals surface area (Å²) in [6.07, 6.45) is 1.51. The molecule has 0 fully saturated rings. The number of anilines is 1. The molecule has 0 radical (unpaired) electrons. The molecular formula is C17H10ClN7O. The number of H-pyrrole nitrogens is 1.